The van der Waals surface area contributed by atoms with E-state index < -0.39 is 5.60 Å². The van der Waals surface area contributed by atoms with Gasteiger partial charge >= 0.3 is 0 Å². The van der Waals surface area contributed by atoms with Crippen LogP contribution in [0.2, 0.25) is 5.02 Å². The molecule has 0 radical (unpaired) electrons. The molecule has 0 amide bonds. The third kappa shape index (κ3) is 1.35. The van der Waals surface area contributed by atoms with Gasteiger partial charge in [0.1, 0.15) is 0 Å². The van der Waals surface area contributed by atoms with Crippen molar-refractivity contribution in [3.05, 3.63) is 47.0 Å². The predicted octanol–water partition coefficient (Wildman–Crippen LogP) is 3.47. The van der Waals surface area contributed by atoms with Crippen LogP contribution in [0.15, 0.2) is 36.4 Å². The maximum absolute atomic E-state index is 10.2. The summed E-state index contributed by atoms with van der Waals surface area (Å²) >= 11 is 6.18. The second-order valence-electron chi connectivity index (χ2n) is 4.18. The minimum atomic E-state index is -0.621. The van der Waals surface area contributed by atoms with Gasteiger partial charge in [0.25, 0.3) is 0 Å². The van der Waals surface area contributed by atoms with Crippen molar-refractivity contribution in [1.29, 1.82) is 0 Å². The van der Waals surface area contributed by atoms with Crippen molar-refractivity contribution in [2.75, 3.05) is 0 Å². The quantitative estimate of drug-likeness (QED) is 0.777. The summed E-state index contributed by atoms with van der Waals surface area (Å²) in [6, 6.07) is 11.8. The maximum Gasteiger partial charge on any atom is 0.0905 e. The first-order chi connectivity index (χ1) is 7.21. The van der Waals surface area contributed by atoms with Gasteiger partial charge in [-0.3, -0.25) is 0 Å². The zero-order valence-corrected chi connectivity index (χ0v) is 8.96. The number of hydrogen-bond acceptors (Lipinski definition) is 1. The van der Waals surface area contributed by atoms with Gasteiger partial charge in [0.15, 0.2) is 0 Å². The van der Waals surface area contributed by atoms with Gasteiger partial charge in [-0.2, -0.15) is 0 Å². The van der Waals surface area contributed by atoms with E-state index in [1.165, 1.54) is 0 Å². The second kappa shape index (κ2) is 2.97. The predicted molar refractivity (Wildman–Crippen MR) is 62.1 cm³/mol. The first-order valence-electron chi connectivity index (χ1n) is 5.11. The van der Waals surface area contributed by atoms with Crippen LogP contribution in [0.3, 0.4) is 0 Å². The summed E-state index contributed by atoms with van der Waals surface area (Å²) in [5.74, 6) is 0. The Morgan fingerprint density at radius 1 is 1.07 bits per heavy atom. The fraction of sp³-hybridized carbons (Fsp3) is 0.231. The van der Waals surface area contributed by atoms with Crippen LogP contribution in [0, 0.1) is 0 Å². The summed E-state index contributed by atoms with van der Waals surface area (Å²) in [5.41, 5.74) is 0.357. The third-order valence-electron chi connectivity index (χ3n) is 3.08. The minimum absolute atomic E-state index is 0.621. The van der Waals surface area contributed by atoms with E-state index in [9.17, 15) is 5.11 Å². The number of rotatable bonds is 1. The zero-order chi connectivity index (χ0) is 10.5. The molecule has 2 aromatic carbocycles. The SMILES string of the molecule is OC1(c2cccc3cccc(Cl)c23)CC1. The Bertz CT molecular complexity index is 524. The van der Waals surface area contributed by atoms with E-state index in [1.54, 1.807) is 0 Å². The molecule has 1 nitrogen and oxygen atoms in total. The summed E-state index contributed by atoms with van der Waals surface area (Å²) in [6.07, 6.45) is 1.69. The number of fused-ring (bicyclic) bond motifs is 1. The highest BCUT2D eigenvalue weighted by atomic mass is 35.5. The first-order valence-corrected chi connectivity index (χ1v) is 5.49. The van der Waals surface area contributed by atoms with Crippen molar-refractivity contribution in [1.82, 2.24) is 0 Å². The minimum Gasteiger partial charge on any atom is -0.385 e. The molecular weight excluding hydrogens is 208 g/mol. The average Bonchev–Trinajstić information content (AvgIpc) is 2.98. The highest BCUT2D eigenvalue weighted by Gasteiger charge is 2.43. The topological polar surface area (TPSA) is 20.2 Å². The number of halogens is 1. The first kappa shape index (κ1) is 9.20. The molecule has 2 heteroatoms. The van der Waals surface area contributed by atoms with Crippen LogP contribution in [0.25, 0.3) is 10.8 Å². The van der Waals surface area contributed by atoms with Crippen LogP contribution >= 0.6 is 11.6 Å². The van der Waals surface area contributed by atoms with E-state index in [0.717, 1.165) is 34.2 Å². The Morgan fingerprint density at radius 2 is 1.73 bits per heavy atom. The van der Waals surface area contributed by atoms with E-state index in [2.05, 4.69) is 0 Å². The van der Waals surface area contributed by atoms with Gasteiger partial charge in [-0.05, 0) is 29.9 Å². The number of aliphatic hydroxyl groups is 1. The van der Waals surface area contributed by atoms with Crippen LogP contribution in [0.4, 0.5) is 0 Å². The molecule has 0 aliphatic heterocycles. The lowest BCUT2D eigenvalue weighted by Gasteiger charge is -2.12. The molecule has 0 heterocycles. The Balaban J connectivity index is 2.39. The summed E-state index contributed by atoms with van der Waals surface area (Å²) in [7, 11) is 0. The molecule has 1 aliphatic rings. The Labute approximate surface area is 93.3 Å². The molecule has 2 aromatic rings. The molecule has 0 bridgehead atoms. The zero-order valence-electron chi connectivity index (χ0n) is 8.20. The monoisotopic (exact) mass is 218 g/mol. The largest absolute Gasteiger partial charge is 0.385 e. The fourth-order valence-corrected chi connectivity index (χ4v) is 2.35. The van der Waals surface area contributed by atoms with Gasteiger partial charge in [-0.15, -0.1) is 0 Å². The molecule has 0 spiro atoms. The fourth-order valence-electron chi connectivity index (χ4n) is 2.07. The summed E-state index contributed by atoms with van der Waals surface area (Å²) < 4.78 is 0. The van der Waals surface area contributed by atoms with Crippen LogP contribution < -0.4 is 0 Å². The standard InChI is InChI=1S/C13H11ClO/c14-11-6-2-4-9-3-1-5-10(12(9)11)13(15)7-8-13/h1-6,15H,7-8H2. The van der Waals surface area contributed by atoms with Crippen molar-refractivity contribution < 1.29 is 5.11 Å². The van der Waals surface area contributed by atoms with Gasteiger partial charge in [-0.1, -0.05) is 41.9 Å². The lowest BCUT2D eigenvalue weighted by Crippen LogP contribution is -2.04. The van der Waals surface area contributed by atoms with E-state index in [1.807, 2.05) is 36.4 Å². The smallest absolute Gasteiger partial charge is 0.0905 e. The number of hydrogen-bond donors (Lipinski definition) is 1. The average molecular weight is 219 g/mol. The molecule has 1 aliphatic carbocycles. The number of benzene rings is 2. The van der Waals surface area contributed by atoms with E-state index >= 15 is 0 Å². The van der Waals surface area contributed by atoms with E-state index in [-0.39, 0.29) is 0 Å². The van der Waals surface area contributed by atoms with E-state index in [0.29, 0.717) is 0 Å². The van der Waals surface area contributed by atoms with Crippen molar-refractivity contribution >= 4 is 22.4 Å². The summed E-state index contributed by atoms with van der Waals surface area (Å²) in [5, 5.41) is 13.0. The van der Waals surface area contributed by atoms with Gasteiger partial charge in [0.05, 0.1) is 5.60 Å². The van der Waals surface area contributed by atoms with Crippen LogP contribution in [-0.2, 0) is 5.60 Å². The Hall–Kier alpha value is -1.05. The highest BCUT2D eigenvalue weighted by molar-refractivity contribution is 6.35. The van der Waals surface area contributed by atoms with Crippen molar-refractivity contribution in [2.24, 2.45) is 0 Å². The molecule has 3 rings (SSSR count). The Kier molecular flexibility index (Phi) is 1.82. The van der Waals surface area contributed by atoms with Crippen molar-refractivity contribution in [3.8, 4) is 0 Å². The van der Waals surface area contributed by atoms with Crippen LogP contribution in [0.5, 0.6) is 0 Å². The van der Waals surface area contributed by atoms with E-state index in [4.69, 9.17) is 11.6 Å². The van der Waals surface area contributed by atoms with Crippen molar-refractivity contribution in [3.63, 3.8) is 0 Å². The van der Waals surface area contributed by atoms with Gasteiger partial charge in [0.2, 0.25) is 0 Å². The second-order valence-corrected chi connectivity index (χ2v) is 4.58. The molecule has 76 valence electrons. The Morgan fingerprint density at radius 3 is 2.40 bits per heavy atom. The lowest BCUT2D eigenvalue weighted by molar-refractivity contribution is 0.153. The molecule has 0 saturated heterocycles. The normalized spacial score (nSPS) is 18.0. The summed E-state index contributed by atoms with van der Waals surface area (Å²) in [6.45, 7) is 0. The maximum atomic E-state index is 10.2. The highest BCUT2D eigenvalue weighted by Crippen LogP contribution is 2.48. The molecule has 1 fully saturated rings. The molecule has 0 atom stereocenters. The van der Waals surface area contributed by atoms with Crippen LogP contribution in [-0.4, -0.2) is 5.11 Å². The van der Waals surface area contributed by atoms with Gasteiger partial charge in [0, 0.05) is 10.4 Å². The molecule has 15 heavy (non-hydrogen) atoms. The third-order valence-corrected chi connectivity index (χ3v) is 3.39. The lowest BCUT2D eigenvalue weighted by atomic mass is 9.99. The van der Waals surface area contributed by atoms with Crippen LogP contribution in [0.1, 0.15) is 18.4 Å². The van der Waals surface area contributed by atoms with Gasteiger partial charge < -0.3 is 5.11 Å². The molecule has 1 N–H and O–H groups in total. The molecule has 0 aromatic heterocycles. The van der Waals surface area contributed by atoms with Gasteiger partial charge in [-0.25, -0.2) is 0 Å². The molecule has 1 saturated carbocycles. The summed E-state index contributed by atoms with van der Waals surface area (Å²) in [4.78, 5) is 0. The van der Waals surface area contributed by atoms with Crippen molar-refractivity contribution in [2.45, 2.75) is 18.4 Å². The molecular formula is C13H11ClO. The molecule has 0 unspecified atom stereocenters.